The molecule has 122 valence electrons. The average Bonchev–Trinajstić information content (AvgIpc) is 2.90. The number of amides is 1. The Morgan fingerprint density at radius 1 is 1.05 bits per heavy atom. The van der Waals surface area contributed by atoms with Gasteiger partial charge in [-0.3, -0.25) is 4.90 Å². The number of piperidine rings is 1. The minimum Gasteiger partial charge on any atom is -0.444 e. The smallest absolute Gasteiger partial charge is 0.410 e. The lowest BCUT2D eigenvalue weighted by Gasteiger charge is -2.50. The minimum absolute atomic E-state index is 0.152. The number of rotatable bonds is 2. The first kappa shape index (κ1) is 16.6. The van der Waals surface area contributed by atoms with Crippen molar-refractivity contribution in [3.63, 3.8) is 0 Å². The molecule has 0 N–H and O–H groups in total. The van der Waals surface area contributed by atoms with Gasteiger partial charge in [0.2, 0.25) is 0 Å². The molecule has 0 bridgehead atoms. The van der Waals surface area contributed by atoms with E-state index >= 15 is 0 Å². The zero-order chi connectivity index (χ0) is 15.7. The van der Waals surface area contributed by atoms with Crippen LogP contribution in [0, 0.1) is 5.92 Å². The molecule has 0 aromatic heterocycles. The van der Waals surface area contributed by atoms with E-state index in [1.54, 1.807) is 0 Å². The predicted molar refractivity (Wildman–Crippen MR) is 85.4 cm³/mol. The molecule has 4 nitrogen and oxygen atoms in total. The van der Waals surface area contributed by atoms with Crippen LogP contribution < -0.4 is 0 Å². The van der Waals surface area contributed by atoms with Crippen molar-refractivity contribution in [2.75, 3.05) is 26.2 Å². The van der Waals surface area contributed by atoms with E-state index < -0.39 is 5.60 Å². The molecule has 0 atom stereocenters. The summed E-state index contributed by atoms with van der Waals surface area (Å²) >= 11 is 0. The maximum Gasteiger partial charge on any atom is 0.410 e. The lowest BCUT2D eigenvalue weighted by atomic mass is 9.76. The third kappa shape index (κ3) is 3.71. The molecule has 2 saturated heterocycles. The molecule has 0 saturated carbocycles. The lowest BCUT2D eigenvalue weighted by molar-refractivity contribution is -0.0174. The summed E-state index contributed by atoms with van der Waals surface area (Å²) in [5.41, 5.74) is -0.117. The monoisotopic (exact) mass is 296 g/mol. The summed E-state index contributed by atoms with van der Waals surface area (Å²) in [6, 6.07) is 0. The van der Waals surface area contributed by atoms with Crippen LogP contribution in [0.4, 0.5) is 4.79 Å². The number of hydrogen-bond donors (Lipinski definition) is 0. The Morgan fingerprint density at radius 3 is 2.00 bits per heavy atom. The van der Waals surface area contributed by atoms with Gasteiger partial charge in [-0.05, 0) is 65.5 Å². The number of likely N-dealkylation sites (tertiary alicyclic amines) is 2. The van der Waals surface area contributed by atoms with Crippen LogP contribution in [-0.2, 0) is 4.74 Å². The van der Waals surface area contributed by atoms with Crippen LogP contribution in [0.15, 0.2) is 0 Å². The Hall–Kier alpha value is -0.770. The highest BCUT2D eigenvalue weighted by molar-refractivity contribution is 5.68. The summed E-state index contributed by atoms with van der Waals surface area (Å²) in [5.74, 6) is 0.636. The molecule has 2 aliphatic rings. The van der Waals surface area contributed by atoms with E-state index in [-0.39, 0.29) is 11.6 Å². The first-order valence-corrected chi connectivity index (χ1v) is 8.47. The van der Waals surface area contributed by atoms with Crippen LogP contribution in [0.5, 0.6) is 0 Å². The molecule has 0 aromatic rings. The third-order valence-electron chi connectivity index (χ3n) is 5.09. The summed E-state index contributed by atoms with van der Waals surface area (Å²) in [4.78, 5) is 16.8. The summed E-state index contributed by atoms with van der Waals surface area (Å²) in [5, 5.41) is 0. The number of carbonyl (C=O) groups is 1. The minimum atomic E-state index is -0.404. The van der Waals surface area contributed by atoms with E-state index in [9.17, 15) is 4.79 Å². The van der Waals surface area contributed by atoms with Gasteiger partial charge in [0.25, 0.3) is 0 Å². The summed E-state index contributed by atoms with van der Waals surface area (Å²) in [7, 11) is 0. The van der Waals surface area contributed by atoms with Gasteiger partial charge < -0.3 is 9.64 Å². The molecule has 0 radical (unpaired) electrons. The highest BCUT2D eigenvalue weighted by Crippen LogP contribution is 2.38. The number of carbonyl (C=O) groups excluding carboxylic acids is 1. The number of hydrogen-bond acceptors (Lipinski definition) is 3. The second-order valence-electron chi connectivity index (χ2n) is 7.92. The van der Waals surface area contributed by atoms with Gasteiger partial charge >= 0.3 is 6.09 Å². The fourth-order valence-corrected chi connectivity index (χ4v) is 3.82. The van der Waals surface area contributed by atoms with Crippen molar-refractivity contribution < 1.29 is 9.53 Å². The van der Waals surface area contributed by atoms with Crippen molar-refractivity contribution in [3.8, 4) is 0 Å². The Kier molecular flexibility index (Phi) is 4.86. The lowest BCUT2D eigenvalue weighted by Crippen LogP contribution is -2.58. The quantitative estimate of drug-likeness (QED) is 0.782. The Labute approximate surface area is 129 Å². The molecule has 1 amide bonds. The highest BCUT2D eigenvalue weighted by Gasteiger charge is 2.44. The number of ether oxygens (including phenoxy) is 1. The second-order valence-corrected chi connectivity index (χ2v) is 7.92. The predicted octanol–water partition coefficient (Wildman–Crippen LogP) is 3.51. The van der Waals surface area contributed by atoms with Crippen molar-refractivity contribution in [1.29, 1.82) is 0 Å². The highest BCUT2D eigenvalue weighted by atomic mass is 16.6. The van der Waals surface area contributed by atoms with Gasteiger partial charge in [-0.1, -0.05) is 13.8 Å². The Morgan fingerprint density at radius 2 is 1.57 bits per heavy atom. The van der Waals surface area contributed by atoms with E-state index in [4.69, 9.17) is 4.74 Å². The summed E-state index contributed by atoms with van der Waals surface area (Å²) in [6.45, 7) is 14.6. The van der Waals surface area contributed by atoms with Crippen molar-refractivity contribution in [2.45, 2.75) is 71.4 Å². The molecule has 2 heterocycles. The van der Waals surface area contributed by atoms with E-state index in [1.807, 2.05) is 25.7 Å². The molecule has 0 spiro atoms. The molecular formula is C17H32N2O2. The Balaban J connectivity index is 1.98. The molecular weight excluding hydrogens is 264 g/mol. The van der Waals surface area contributed by atoms with Gasteiger partial charge in [0, 0.05) is 18.6 Å². The van der Waals surface area contributed by atoms with E-state index in [2.05, 4.69) is 18.7 Å². The van der Waals surface area contributed by atoms with Crippen LogP contribution in [0.2, 0.25) is 0 Å². The van der Waals surface area contributed by atoms with Gasteiger partial charge in [-0.15, -0.1) is 0 Å². The van der Waals surface area contributed by atoms with E-state index in [0.717, 1.165) is 25.9 Å². The van der Waals surface area contributed by atoms with Crippen molar-refractivity contribution >= 4 is 6.09 Å². The van der Waals surface area contributed by atoms with Crippen molar-refractivity contribution in [1.82, 2.24) is 9.80 Å². The standard InChI is InChI=1S/C17H32N2O2/c1-14(2)17(19-10-6-7-11-19)8-12-18(13-9-17)15(20)21-16(3,4)5/h14H,6-13H2,1-5H3. The largest absolute Gasteiger partial charge is 0.444 e. The fraction of sp³-hybridized carbons (Fsp3) is 0.941. The molecule has 0 aromatic carbocycles. The normalized spacial score (nSPS) is 23.6. The van der Waals surface area contributed by atoms with E-state index in [1.165, 1.54) is 25.9 Å². The Bertz CT molecular complexity index is 359. The fourth-order valence-electron chi connectivity index (χ4n) is 3.82. The summed E-state index contributed by atoms with van der Waals surface area (Å²) in [6.07, 6.45) is 4.64. The zero-order valence-electron chi connectivity index (χ0n) is 14.4. The van der Waals surface area contributed by atoms with Gasteiger partial charge in [-0.25, -0.2) is 4.79 Å². The first-order valence-electron chi connectivity index (χ1n) is 8.47. The molecule has 2 rings (SSSR count). The molecule has 0 unspecified atom stereocenters. The first-order chi connectivity index (χ1) is 9.74. The zero-order valence-corrected chi connectivity index (χ0v) is 14.4. The number of nitrogens with zero attached hydrogens (tertiary/aromatic N) is 2. The molecule has 4 heteroatoms. The third-order valence-corrected chi connectivity index (χ3v) is 5.09. The maximum absolute atomic E-state index is 12.2. The van der Waals surface area contributed by atoms with Crippen molar-refractivity contribution in [3.05, 3.63) is 0 Å². The molecule has 0 aliphatic carbocycles. The summed E-state index contributed by atoms with van der Waals surface area (Å²) < 4.78 is 5.50. The van der Waals surface area contributed by atoms with E-state index in [0.29, 0.717) is 5.92 Å². The second kappa shape index (κ2) is 6.15. The van der Waals surface area contributed by atoms with Crippen LogP contribution >= 0.6 is 0 Å². The van der Waals surface area contributed by atoms with Gasteiger partial charge in [0.1, 0.15) is 5.60 Å². The maximum atomic E-state index is 12.2. The molecule has 2 fully saturated rings. The van der Waals surface area contributed by atoms with Crippen LogP contribution in [0.3, 0.4) is 0 Å². The average molecular weight is 296 g/mol. The van der Waals surface area contributed by atoms with Gasteiger partial charge in [0.05, 0.1) is 0 Å². The van der Waals surface area contributed by atoms with Crippen molar-refractivity contribution in [2.24, 2.45) is 5.92 Å². The van der Waals surface area contributed by atoms with Gasteiger partial charge in [0.15, 0.2) is 0 Å². The van der Waals surface area contributed by atoms with Crippen LogP contribution in [0.1, 0.15) is 60.3 Å². The molecule has 2 aliphatic heterocycles. The SMILES string of the molecule is CC(C)C1(N2CCCC2)CCN(C(=O)OC(C)(C)C)CC1. The van der Waals surface area contributed by atoms with Crippen LogP contribution in [0.25, 0.3) is 0 Å². The van der Waals surface area contributed by atoms with Crippen LogP contribution in [-0.4, -0.2) is 53.2 Å². The van der Waals surface area contributed by atoms with Gasteiger partial charge in [-0.2, -0.15) is 0 Å². The topological polar surface area (TPSA) is 32.8 Å². The molecule has 21 heavy (non-hydrogen) atoms.